The molecule has 7 heteroatoms. The number of aromatic carboxylic acids is 1. The summed E-state index contributed by atoms with van der Waals surface area (Å²) in [4.78, 5) is 10.8. The van der Waals surface area contributed by atoms with Crippen LogP contribution in [0.4, 0.5) is 5.69 Å². The SMILES string of the molecule is CCC(C)CNS(=O)(=O)c1ccc(N)cc1C(=O)O. The summed E-state index contributed by atoms with van der Waals surface area (Å²) in [5.74, 6) is -1.15. The van der Waals surface area contributed by atoms with Crippen molar-refractivity contribution in [3.8, 4) is 0 Å². The van der Waals surface area contributed by atoms with Crippen LogP contribution in [0, 0.1) is 5.92 Å². The predicted molar refractivity (Wildman–Crippen MR) is 72.5 cm³/mol. The maximum atomic E-state index is 12.1. The molecule has 0 saturated heterocycles. The summed E-state index contributed by atoms with van der Waals surface area (Å²) < 4.78 is 26.6. The number of anilines is 1. The van der Waals surface area contributed by atoms with E-state index >= 15 is 0 Å². The summed E-state index contributed by atoms with van der Waals surface area (Å²) in [5.41, 5.74) is 5.36. The molecule has 19 heavy (non-hydrogen) atoms. The first-order valence-corrected chi connectivity index (χ1v) is 7.38. The molecule has 0 amide bonds. The van der Waals surface area contributed by atoms with Crippen LogP contribution in [0.2, 0.25) is 0 Å². The Morgan fingerprint density at radius 2 is 2.11 bits per heavy atom. The van der Waals surface area contributed by atoms with Crippen LogP contribution >= 0.6 is 0 Å². The molecular formula is C12H18N2O4S. The zero-order valence-electron chi connectivity index (χ0n) is 10.9. The molecule has 4 N–H and O–H groups in total. The van der Waals surface area contributed by atoms with Crippen molar-refractivity contribution in [3.05, 3.63) is 23.8 Å². The molecule has 1 unspecified atom stereocenters. The van der Waals surface area contributed by atoms with E-state index in [0.717, 1.165) is 12.5 Å². The molecule has 106 valence electrons. The van der Waals surface area contributed by atoms with Gasteiger partial charge in [0.15, 0.2) is 0 Å². The maximum absolute atomic E-state index is 12.1. The van der Waals surface area contributed by atoms with Crippen LogP contribution in [0.15, 0.2) is 23.1 Å². The Kier molecular flexibility index (Phi) is 4.90. The van der Waals surface area contributed by atoms with Crippen molar-refractivity contribution in [3.63, 3.8) is 0 Å². The molecule has 0 aliphatic rings. The van der Waals surface area contributed by atoms with Gasteiger partial charge in [0.05, 0.1) is 10.5 Å². The summed E-state index contributed by atoms with van der Waals surface area (Å²) >= 11 is 0. The Bertz CT molecular complexity index is 569. The first-order chi connectivity index (χ1) is 8.77. The highest BCUT2D eigenvalue weighted by molar-refractivity contribution is 7.89. The monoisotopic (exact) mass is 286 g/mol. The summed E-state index contributed by atoms with van der Waals surface area (Å²) in [6, 6.07) is 3.71. The Morgan fingerprint density at radius 3 is 2.63 bits per heavy atom. The van der Waals surface area contributed by atoms with E-state index < -0.39 is 16.0 Å². The van der Waals surface area contributed by atoms with Gasteiger partial charge in [0.2, 0.25) is 10.0 Å². The van der Waals surface area contributed by atoms with Gasteiger partial charge in [-0.15, -0.1) is 0 Å². The van der Waals surface area contributed by atoms with Gasteiger partial charge in [0.25, 0.3) is 0 Å². The van der Waals surface area contributed by atoms with E-state index in [2.05, 4.69) is 4.72 Å². The first-order valence-electron chi connectivity index (χ1n) is 5.90. The molecule has 1 atom stereocenters. The average Bonchev–Trinajstić information content (AvgIpc) is 2.35. The van der Waals surface area contributed by atoms with Crippen LogP contribution in [0.5, 0.6) is 0 Å². The Balaban J connectivity index is 3.11. The number of nitrogen functional groups attached to an aromatic ring is 1. The van der Waals surface area contributed by atoms with E-state index in [0.29, 0.717) is 0 Å². The second-order valence-electron chi connectivity index (χ2n) is 4.43. The minimum atomic E-state index is -3.84. The third kappa shape index (κ3) is 3.93. The van der Waals surface area contributed by atoms with Gasteiger partial charge in [-0.25, -0.2) is 17.9 Å². The van der Waals surface area contributed by atoms with E-state index in [-0.39, 0.29) is 28.6 Å². The fourth-order valence-corrected chi connectivity index (χ4v) is 2.77. The molecular weight excluding hydrogens is 268 g/mol. The minimum Gasteiger partial charge on any atom is -0.478 e. The molecule has 1 aromatic rings. The number of sulfonamides is 1. The molecule has 1 aromatic carbocycles. The highest BCUT2D eigenvalue weighted by Crippen LogP contribution is 2.19. The van der Waals surface area contributed by atoms with E-state index in [1.54, 1.807) is 0 Å². The molecule has 0 radical (unpaired) electrons. The van der Waals surface area contributed by atoms with Gasteiger partial charge in [-0.3, -0.25) is 0 Å². The third-order valence-electron chi connectivity index (χ3n) is 2.84. The standard InChI is InChI=1S/C12H18N2O4S/c1-3-8(2)7-14-19(17,18)11-5-4-9(13)6-10(11)12(15)16/h4-6,8,14H,3,7,13H2,1-2H3,(H,15,16). The second kappa shape index (κ2) is 6.03. The number of carbonyl (C=O) groups is 1. The van der Waals surface area contributed by atoms with Crippen LogP contribution in [0.3, 0.4) is 0 Å². The topological polar surface area (TPSA) is 109 Å². The second-order valence-corrected chi connectivity index (χ2v) is 6.16. The summed E-state index contributed by atoms with van der Waals surface area (Å²) in [5, 5.41) is 9.03. The third-order valence-corrected chi connectivity index (χ3v) is 4.32. The largest absolute Gasteiger partial charge is 0.478 e. The fourth-order valence-electron chi connectivity index (χ4n) is 1.42. The lowest BCUT2D eigenvalue weighted by molar-refractivity contribution is 0.0692. The number of nitrogens with one attached hydrogen (secondary N) is 1. The van der Waals surface area contributed by atoms with Crippen LogP contribution in [0.1, 0.15) is 30.6 Å². The smallest absolute Gasteiger partial charge is 0.337 e. The Labute approximate surface area is 112 Å². The number of rotatable bonds is 6. The molecule has 0 saturated carbocycles. The lowest BCUT2D eigenvalue weighted by Gasteiger charge is -2.12. The first kappa shape index (κ1) is 15.5. The van der Waals surface area contributed by atoms with Gasteiger partial charge in [0, 0.05) is 12.2 Å². The van der Waals surface area contributed by atoms with Gasteiger partial charge in [-0.1, -0.05) is 20.3 Å². The van der Waals surface area contributed by atoms with Crippen molar-refractivity contribution in [2.24, 2.45) is 5.92 Å². The highest BCUT2D eigenvalue weighted by Gasteiger charge is 2.22. The minimum absolute atomic E-state index is 0.178. The van der Waals surface area contributed by atoms with E-state index in [1.807, 2.05) is 13.8 Å². The van der Waals surface area contributed by atoms with Gasteiger partial charge in [-0.2, -0.15) is 0 Å². The molecule has 0 aliphatic heterocycles. The van der Waals surface area contributed by atoms with Crippen molar-refractivity contribution in [2.75, 3.05) is 12.3 Å². The lowest BCUT2D eigenvalue weighted by Crippen LogP contribution is -2.29. The number of carboxylic acid groups (broad SMARTS) is 1. The number of carboxylic acids is 1. The summed E-state index contributed by atoms with van der Waals surface area (Å²) in [6.45, 7) is 4.12. The molecule has 6 nitrogen and oxygen atoms in total. The quantitative estimate of drug-likeness (QED) is 0.683. The normalized spacial score (nSPS) is 13.2. The van der Waals surface area contributed by atoms with Gasteiger partial charge in [0.1, 0.15) is 0 Å². The molecule has 0 aliphatic carbocycles. The lowest BCUT2D eigenvalue weighted by atomic mass is 10.1. The number of benzene rings is 1. The molecule has 0 spiro atoms. The fraction of sp³-hybridized carbons (Fsp3) is 0.417. The summed E-state index contributed by atoms with van der Waals surface area (Å²) in [6.07, 6.45) is 0.829. The van der Waals surface area contributed by atoms with Crippen molar-refractivity contribution >= 4 is 21.7 Å². The number of nitrogens with two attached hydrogens (primary N) is 1. The van der Waals surface area contributed by atoms with Crippen LogP contribution in [-0.2, 0) is 10.0 Å². The van der Waals surface area contributed by atoms with Crippen LogP contribution in [0.25, 0.3) is 0 Å². The number of hydrogen-bond acceptors (Lipinski definition) is 4. The van der Waals surface area contributed by atoms with E-state index in [1.165, 1.54) is 12.1 Å². The highest BCUT2D eigenvalue weighted by atomic mass is 32.2. The van der Waals surface area contributed by atoms with Crippen molar-refractivity contribution in [1.82, 2.24) is 4.72 Å². The van der Waals surface area contributed by atoms with Crippen molar-refractivity contribution in [1.29, 1.82) is 0 Å². The zero-order chi connectivity index (χ0) is 14.6. The number of hydrogen-bond donors (Lipinski definition) is 3. The Hall–Kier alpha value is -1.60. The van der Waals surface area contributed by atoms with Crippen LogP contribution in [-0.4, -0.2) is 26.0 Å². The Morgan fingerprint density at radius 1 is 1.47 bits per heavy atom. The van der Waals surface area contributed by atoms with Crippen molar-refractivity contribution in [2.45, 2.75) is 25.2 Å². The zero-order valence-corrected chi connectivity index (χ0v) is 11.7. The molecule has 0 fully saturated rings. The molecule has 0 bridgehead atoms. The van der Waals surface area contributed by atoms with E-state index in [4.69, 9.17) is 10.8 Å². The molecule has 1 rings (SSSR count). The molecule has 0 aromatic heterocycles. The maximum Gasteiger partial charge on any atom is 0.337 e. The molecule has 0 heterocycles. The van der Waals surface area contributed by atoms with E-state index in [9.17, 15) is 13.2 Å². The summed E-state index contributed by atoms with van der Waals surface area (Å²) in [7, 11) is -3.84. The van der Waals surface area contributed by atoms with Gasteiger partial charge < -0.3 is 10.8 Å². The van der Waals surface area contributed by atoms with Crippen molar-refractivity contribution < 1.29 is 18.3 Å². The predicted octanol–water partition coefficient (Wildman–Crippen LogP) is 1.29. The van der Waals surface area contributed by atoms with Crippen LogP contribution < -0.4 is 10.5 Å². The average molecular weight is 286 g/mol. The van der Waals surface area contributed by atoms with Gasteiger partial charge in [-0.05, 0) is 24.1 Å². The van der Waals surface area contributed by atoms with Gasteiger partial charge >= 0.3 is 5.97 Å².